The lowest BCUT2D eigenvalue weighted by Crippen LogP contribution is -2.55. The van der Waals surface area contributed by atoms with E-state index in [0.717, 1.165) is 45.6 Å². The number of fused-ring (bicyclic) bond motifs is 1. The predicted molar refractivity (Wildman–Crippen MR) is 314 cm³/mol. The molecule has 2 aromatic carbocycles. The third kappa shape index (κ3) is 25.0. The minimum Gasteiger partial charge on any atom is -0.480 e. The van der Waals surface area contributed by atoms with Gasteiger partial charge in [-0.05, 0) is 111 Å². The number of alkyl carbamates (subject to hydrolysis) is 2. The number of ether oxygens (including phenoxy) is 2. The van der Waals surface area contributed by atoms with Crippen LogP contribution in [0.1, 0.15) is 111 Å². The highest BCUT2D eigenvalue weighted by Crippen LogP contribution is 2.22. The fourth-order valence-electron chi connectivity index (χ4n) is 8.33. The number of likely N-dealkylation sites (tertiary alicyclic amines) is 1. The quantitative estimate of drug-likeness (QED) is 0.0646. The third-order valence-electron chi connectivity index (χ3n) is 12.2. The van der Waals surface area contributed by atoms with Crippen LogP contribution in [0.2, 0.25) is 0 Å². The Morgan fingerprint density at radius 1 is 0.772 bits per heavy atom. The zero-order chi connectivity index (χ0) is 58.8. The molecule has 3 saturated heterocycles. The number of piperidine rings is 1. The van der Waals surface area contributed by atoms with E-state index in [1.54, 1.807) is 99.6 Å². The standard InChI is InChI=1S/C40H53FN8O6.C8H15NO4.C6H8.C2H6.CH4.BHS/c1-27(42-39(54)55-40(2,3)4)37(52)48-17-15-46(16-18-48)25-28-11-13-45(14-12-28)26-35(50)47-19-21-49(22-20-47)38(53)32-23-29(9-10-33(32)41)24-34-30-7-5-6-8-31(30)36(51)44-43-34;1-5(6(10)11)9-7(12)13-8(2,3)4;1-3-5-6-4-2;1-2;;1-2/h5-10,23,27-28H,11-22,24-26H2,1-4H3,(H,42,54)(H,44,51);5H,1-4H3,(H,9,12)(H,10,11);3-6H,1-2H2;1-2H3;1H4;2H/b;;6-5-;;;. The molecule has 4 N–H and O–H groups in total. The van der Waals surface area contributed by atoms with Gasteiger partial charge in [-0.25, -0.2) is 31.6 Å². The first-order chi connectivity index (χ1) is 36.9. The normalized spacial score (nSPS) is 15.7. The number of H-pyrrole nitrogens is 1. The van der Waals surface area contributed by atoms with Crippen molar-refractivity contribution in [2.45, 2.75) is 119 Å². The van der Waals surface area contributed by atoms with Crippen molar-refractivity contribution in [3.63, 3.8) is 0 Å². The summed E-state index contributed by atoms with van der Waals surface area (Å²) < 4.78 is 25.1. The van der Waals surface area contributed by atoms with Gasteiger partial charge in [0, 0.05) is 70.7 Å². The van der Waals surface area contributed by atoms with E-state index in [4.69, 9.17) is 14.6 Å². The van der Waals surface area contributed by atoms with Crippen LogP contribution in [0.15, 0.2) is 84.7 Å². The van der Waals surface area contributed by atoms with Crippen LogP contribution in [0.3, 0.4) is 0 Å². The smallest absolute Gasteiger partial charge is 0.408 e. The summed E-state index contributed by atoms with van der Waals surface area (Å²) in [5.41, 5.74) is -0.220. The van der Waals surface area contributed by atoms with Crippen molar-refractivity contribution in [2.24, 2.45) is 5.92 Å². The minimum atomic E-state index is -1.09. The predicted octanol–water partition coefficient (Wildman–Crippen LogP) is 7.27. The van der Waals surface area contributed by atoms with Gasteiger partial charge in [-0.2, -0.15) is 5.10 Å². The number of thiol groups is 1. The second kappa shape index (κ2) is 35.2. The van der Waals surface area contributed by atoms with Gasteiger partial charge in [-0.3, -0.25) is 33.8 Å². The van der Waals surface area contributed by atoms with E-state index < -0.39 is 53.2 Å². The van der Waals surface area contributed by atoms with Gasteiger partial charge in [-0.1, -0.05) is 83.0 Å². The molecule has 19 nitrogen and oxygen atoms in total. The summed E-state index contributed by atoms with van der Waals surface area (Å²) in [6, 6.07) is 10.0. The Kier molecular flexibility index (Phi) is 31.4. The van der Waals surface area contributed by atoms with Crippen molar-refractivity contribution in [3.8, 4) is 0 Å². The lowest BCUT2D eigenvalue weighted by molar-refractivity contribution is -0.139. The van der Waals surface area contributed by atoms with Gasteiger partial charge in [0.1, 0.15) is 29.1 Å². The molecule has 5 amide bonds. The Labute approximate surface area is 474 Å². The molecule has 1 aromatic heterocycles. The van der Waals surface area contributed by atoms with E-state index in [-0.39, 0.29) is 30.4 Å². The van der Waals surface area contributed by atoms with E-state index in [1.165, 1.54) is 13.0 Å². The van der Waals surface area contributed by atoms with Crippen molar-refractivity contribution < 1.29 is 47.7 Å². The number of carboxylic acids is 1. The van der Waals surface area contributed by atoms with Gasteiger partial charge in [-0.15, -0.1) is 0 Å². The molecule has 2 unspecified atom stereocenters. The number of hydrogen-bond acceptors (Lipinski definition) is 13. The number of allylic oxidation sites excluding steroid dienone is 4. The number of amides is 5. The average Bonchev–Trinajstić information content (AvgIpc) is 3.41. The Hall–Kier alpha value is -6.52. The van der Waals surface area contributed by atoms with E-state index in [1.807, 2.05) is 38.1 Å². The Morgan fingerprint density at radius 2 is 1.27 bits per heavy atom. The summed E-state index contributed by atoms with van der Waals surface area (Å²) in [6.45, 7) is 31.6. The highest BCUT2D eigenvalue weighted by atomic mass is 32.1. The molecule has 6 rings (SSSR count). The number of aliphatic carboxylic acids is 1. The van der Waals surface area contributed by atoms with Gasteiger partial charge < -0.3 is 39.9 Å². The van der Waals surface area contributed by atoms with Gasteiger partial charge in [0.25, 0.3) is 11.5 Å². The molecule has 79 heavy (non-hydrogen) atoms. The highest BCUT2D eigenvalue weighted by Gasteiger charge is 2.32. The first kappa shape index (κ1) is 70.5. The number of piperazine rings is 2. The van der Waals surface area contributed by atoms with Crippen LogP contribution in [0, 0.1) is 11.7 Å². The summed E-state index contributed by atoms with van der Waals surface area (Å²) in [4.78, 5) is 95.0. The molecule has 0 bridgehead atoms. The molecule has 3 fully saturated rings. The second-order valence-electron chi connectivity index (χ2n) is 20.5. The molecule has 3 aliphatic heterocycles. The first-order valence-electron chi connectivity index (χ1n) is 26.3. The Balaban J connectivity index is 0.00000110. The minimum absolute atomic E-state index is 0. The van der Waals surface area contributed by atoms with Crippen LogP contribution < -0.4 is 16.2 Å². The summed E-state index contributed by atoms with van der Waals surface area (Å²) in [5, 5.41) is 21.2. The lowest BCUT2D eigenvalue weighted by atomic mass is 9.96. The molecule has 22 heteroatoms. The molecule has 0 aliphatic carbocycles. The summed E-state index contributed by atoms with van der Waals surface area (Å²) in [6.07, 6.45) is 8.05. The van der Waals surface area contributed by atoms with Crippen molar-refractivity contribution in [3.05, 3.63) is 113 Å². The lowest BCUT2D eigenvalue weighted by Gasteiger charge is -2.40. The van der Waals surface area contributed by atoms with Gasteiger partial charge in [0.2, 0.25) is 11.8 Å². The van der Waals surface area contributed by atoms with Crippen LogP contribution >= 0.6 is 12.5 Å². The van der Waals surface area contributed by atoms with Crippen LogP contribution in [0.4, 0.5) is 14.0 Å². The number of rotatable bonds is 13. The molecule has 0 spiro atoms. The molecule has 4 heterocycles. The molecular formula is C57H87BFN9O10S. The number of carboxylic acid groups (broad SMARTS) is 1. The number of hydrogen-bond donors (Lipinski definition) is 5. The summed E-state index contributed by atoms with van der Waals surface area (Å²) in [7, 11) is 4.19. The third-order valence-corrected chi connectivity index (χ3v) is 12.2. The molecule has 0 saturated carbocycles. The van der Waals surface area contributed by atoms with Crippen LogP contribution in [-0.2, 0) is 30.3 Å². The fourth-order valence-corrected chi connectivity index (χ4v) is 8.33. The van der Waals surface area contributed by atoms with Gasteiger partial charge in [0.15, 0.2) is 7.12 Å². The molecule has 3 aromatic rings. The first-order valence-corrected chi connectivity index (χ1v) is 26.8. The number of nitrogens with zero attached hydrogens (tertiary/aromatic N) is 6. The number of carbonyl (C=O) groups is 6. The van der Waals surface area contributed by atoms with Gasteiger partial charge >= 0.3 is 18.2 Å². The number of aromatic nitrogens is 2. The van der Waals surface area contributed by atoms with E-state index in [2.05, 4.69) is 63.4 Å². The maximum atomic E-state index is 15.0. The number of carbonyl (C=O) groups excluding carboxylic acids is 5. The number of aromatic amines is 1. The van der Waals surface area contributed by atoms with Crippen LogP contribution in [0.25, 0.3) is 10.8 Å². The van der Waals surface area contributed by atoms with Crippen molar-refractivity contribution in [1.29, 1.82) is 0 Å². The maximum Gasteiger partial charge on any atom is 0.408 e. The zero-order valence-electron chi connectivity index (χ0n) is 47.3. The number of nitrogens with one attached hydrogen (secondary N) is 3. The Morgan fingerprint density at radius 3 is 1.77 bits per heavy atom. The number of halogens is 1. The fraction of sp³-hybridized carbons (Fsp3) is 0.544. The van der Waals surface area contributed by atoms with E-state index in [0.29, 0.717) is 80.2 Å². The SMILES string of the molecule is C.C=C/C=C\C=C.CC.CC(NC(=O)OC(C)(C)C)C(=O)N1CCN(CC2CCN(CC(=O)N3CCN(C(=O)c4cc(Cc5n[nH]c(=O)c6ccccc56)ccc4F)CC3)CC2)CC1.CC(NC(=O)OC(C)(C)C)C(=O)O.[B]S. The monoisotopic (exact) mass is 1120 g/mol. The topological polar surface area (TPSA) is 227 Å². The van der Waals surface area contributed by atoms with Crippen molar-refractivity contribution in [2.75, 3.05) is 78.5 Å². The Bertz CT molecular complexity index is 2520. The second-order valence-corrected chi connectivity index (χ2v) is 20.5. The molecule has 2 atom stereocenters. The van der Waals surface area contributed by atoms with E-state index >= 15 is 0 Å². The summed E-state index contributed by atoms with van der Waals surface area (Å²) in [5.74, 6) is -1.66. The largest absolute Gasteiger partial charge is 0.480 e. The van der Waals surface area contributed by atoms with Crippen LogP contribution in [0.5, 0.6) is 0 Å². The molecule has 436 valence electrons. The molecular weight excluding hydrogens is 1030 g/mol. The number of benzene rings is 2. The average molecular weight is 1120 g/mol. The molecule has 2 radical (unpaired) electrons. The maximum absolute atomic E-state index is 15.0. The highest BCUT2D eigenvalue weighted by molar-refractivity contribution is 8.03. The van der Waals surface area contributed by atoms with Gasteiger partial charge in [0.05, 0.1) is 23.2 Å². The zero-order valence-corrected chi connectivity index (χ0v) is 48.2. The van der Waals surface area contributed by atoms with Crippen LogP contribution in [-0.4, -0.2) is 185 Å². The van der Waals surface area contributed by atoms with Crippen molar-refractivity contribution in [1.82, 2.24) is 45.3 Å². The summed E-state index contributed by atoms with van der Waals surface area (Å²) >= 11 is 3.03. The van der Waals surface area contributed by atoms with E-state index in [9.17, 15) is 38.0 Å². The van der Waals surface area contributed by atoms with Crippen molar-refractivity contribution >= 4 is 66.3 Å². The molecule has 3 aliphatic rings.